The van der Waals surface area contributed by atoms with Gasteiger partial charge in [0.25, 0.3) is 0 Å². The molecule has 1 fully saturated rings. The monoisotopic (exact) mass is 257 g/mol. The first-order chi connectivity index (χ1) is 8.22. The summed E-state index contributed by atoms with van der Waals surface area (Å²) in [4.78, 5) is 6.79. The first-order valence-electron chi connectivity index (χ1n) is 6.23. The van der Waals surface area contributed by atoms with Gasteiger partial charge in [-0.25, -0.2) is 4.98 Å². The van der Waals surface area contributed by atoms with Crippen LogP contribution in [0, 0.1) is 0 Å². The molecule has 96 valence electrons. The van der Waals surface area contributed by atoms with Gasteiger partial charge in [0.1, 0.15) is 11.0 Å². The Morgan fingerprint density at radius 1 is 1.53 bits per heavy atom. The van der Waals surface area contributed by atoms with Crippen LogP contribution in [0.3, 0.4) is 0 Å². The molecule has 2 rings (SSSR count). The van der Waals surface area contributed by atoms with Crippen LogP contribution in [0.2, 0.25) is 5.15 Å². The van der Waals surface area contributed by atoms with Crippen molar-refractivity contribution in [2.24, 2.45) is 7.05 Å². The molecule has 0 saturated heterocycles. The van der Waals surface area contributed by atoms with Crippen molar-refractivity contribution in [2.75, 3.05) is 13.2 Å². The molecule has 0 atom stereocenters. The lowest BCUT2D eigenvalue weighted by Crippen LogP contribution is -2.28. The van der Waals surface area contributed by atoms with Crippen molar-refractivity contribution in [3.63, 3.8) is 0 Å². The van der Waals surface area contributed by atoms with Gasteiger partial charge >= 0.3 is 0 Å². The van der Waals surface area contributed by atoms with Crippen LogP contribution in [0.25, 0.3) is 0 Å². The quantitative estimate of drug-likeness (QED) is 0.758. The van der Waals surface area contributed by atoms with E-state index in [9.17, 15) is 0 Å². The number of halogens is 1. The third-order valence-corrected chi connectivity index (χ3v) is 3.64. The second-order valence-electron chi connectivity index (χ2n) is 4.69. The van der Waals surface area contributed by atoms with Crippen LogP contribution in [-0.2, 0) is 13.6 Å². The number of rotatable bonds is 7. The highest BCUT2D eigenvalue weighted by molar-refractivity contribution is 6.29. The van der Waals surface area contributed by atoms with Crippen molar-refractivity contribution in [1.29, 1.82) is 0 Å². The molecule has 0 aliphatic heterocycles. The Morgan fingerprint density at radius 3 is 2.82 bits per heavy atom. The minimum absolute atomic E-state index is 0.284. The lowest BCUT2D eigenvalue weighted by molar-refractivity contribution is 0.223. The van der Waals surface area contributed by atoms with Crippen molar-refractivity contribution in [3.8, 4) is 0 Å². The predicted molar refractivity (Wildman–Crippen MR) is 68.0 cm³/mol. The van der Waals surface area contributed by atoms with Gasteiger partial charge in [0.2, 0.25) is 0 Å². The van der Waals surface area contributed by atoms with Gasteiger partial charge in [-0.3, -0.25) is 4.90 Å². The average molecular weight is 258 g/mol. The summed E-state index contributed by atoms with van der Waals surface area (Å²) in [5, 5.41) is 9.50. The summed E-state index contributed by atoms with van der Waals surface area (Å²) in [5.41, 5.74) is 0. The van der Waals surface area contributed by atoms with Gasteiger partial charge in [-0.05, 0) is 32.2 Å². The molecule has 5 heteroatoms. The Labute approximate surface area is 107 Å². The van der Waals surface area contributed by atoms with Gasteiger partial charge in [-0.2, -0.15) is 0 Å². The third kappa shape index (κ3) is 3.44. The lowest BCUT2D eigenvalue weighted by atomic mass is 10.3. The van der Waals surface area contributed by atoms with Crippen LogP contribution < -0.4 is 0 Å². The highest BCUT2D eigenvalue weighted by Crippen LogP contribution is 2.28. The van der Waals surface area contributed by atoms with Crippen molar-refractivity contribution in [3.05, 3.63) is 17.2 Å². The molecule has 1 aliphatic carbocycles. The molecule has 0 unspecified atom stereocenters. The van der Waals surface area contributed by atoms with Crippen molar-refractivity contribution in [1.82, 2.24) is 14.5 Å². The highest BCUT2D eigenvalue weighted by Gasteiger charge is 2.29. The third-order valence-electron chi connectivity index (χ3n) is 3.29. The van der Waals surface area contributed by atoms with Crippen LogP contribution in [-0.4, -0.2) is 38.8 Å². The van der Waals surface area contributed by atoms with Crippen LogP contribution in [0.15, 0.2) is 6.20 Å². The first kappa shape index (κ1) is 12.9. The summed E-state index contributed by atoms with van der Waals surface area (Å²) < 4.78 is 1.93. The van der Waals surface area contributed by atoms with E-state index in [1.54, 1.807) is 6.20 Å². The summed E-state index contributed by atoms with van der Waals surface area (Å²) in [7, 11) is 1.95. The topological polar surface area (TPSA) is 41.3 Å². The van der Waals surface area contributed by atoms with Crippen molar-refractivity contribution < 1.29 is 5.11 Å². The lowest BCUT2D eigenvalue weighted by Gasteiger charge is -2.21. The summed E-state index contributed by atoms with van der Waals surface area (Å²) in [6.07, 6.45) is 6.21. The molecular weight excluding hydrogens is 238 g/mol. The van der Waals surface area contributed by atoms with Gasteiger partial charge in [0.15, 0.2) is 0 Å². The van der Waals surface area contributed by atoms with Crippen LogP contribution >= 0.6 is 11.6 Å². The predicted octanol–water partition coefficient (Wildman–Crippen LogP) is 1.81. The van der Waals surface area contributed by atoms with Crippen LogP contribution in [0.5, 0.6) is 0 Å². The van der Waals surface area contributed by atoms with E-state index in [2.05, 4.69) is 9.88 Å². The minimum Gasteiger partial charge on any atom is -0.396 e. The van der Waals surface area contributed by atoms with Crippen molar-refractivity contribution in [2.45, 2.75) is 38.3 Å². The van der Waals surface area contributed by atoms with E-state index < -0.39 is 0 Å². The average Bonchev–Trinajstić information content (AvgIpc) is 3.11. The van der Waals surface area contributed by atoms with Gasteiger partial charge in [-0.15, -0.1) is 0 Å². The molecule has 1 N–H and O–H groups in total. The van der Waals surface area contributed by atoms with Gasteiger partial charge < -0.3 is 9.67 Å². The number of hydrogen-bond donors (Lipinski definition) is 1. The SMILES string of the molecule is Cn1c(Cl)cnc1CN(CCCCO)C1CC1. The fourth-order valence-electron chi connectivity index (χ4n) is 2.01. The zero-order valence-electron chi connectivity index (χ0n) is 10.3. The molecule has 0 spiro atoms. The summed E-state index contributed by atoms with van der Waals surface area (Å²) in [6, 6.07) is 0.712. The maximum absolute atomic E-state index is 8.82. The van der Waals surface area contributed by atoms with E-state index in [1.807, 2.05) is 11.6 Å². The molecule has 1 aromatic heterocycles. The number of aliphatic hydroxyl groups excluding tert-OH is 1. The minimum atomic E-state index is 0.284. The summed E-state index contributed by atoms with van der Waals surface area (Å²) in [6.45, 7) is 2.18. The Balaban J connectivity index is 1.90. The molecule has 17 heavy (non-hydrogen) atoms. The Hall–Kier alpha value is -0.580. The number of unbranched alkanes of at least 4 members (excludes halogenated alkanes) is 1. The number of nitrogens with zero attached hydrogens (tertiary/aromatic N) is 3. The van der Waals surface area contributed by atoms with Gasteiger partial charge in [-0.1, -0.05) is 11.6 Å². The van der Waals surface area contributed by atoms with Crippen LogP contribution in [0.4, 0.5) is 0 Å². The molecule has 1 heterocycles. The Kier molecular flexibility index (Phi) is 4.42. The molecule has 0 bridgehead atoms. The van der Waals surface area contributed by atoms with E-state index in [0.29, 0.717) is 11.2 Å². The largest absolute Gasteiger partial charge is 0.396 e. The van der Waals surface area contributed by atoms with Crippen molar-refractivity contribution >= 4 is 11.6 Å². The van der Waals surface area contributed by atoms with E-state index in [4.69, 9.17) is 16.7 Å². The molecule has 0 radical (unpaired) electrons. The smallest absolute Gasteiger partial charge is 0.128 e. The number of hydrogen-bond acceptors (Lipinski definition) is 3. The summed E-state index contributed by atoms with van der Waals surface area (Å²) in [5.74, 6) is 1.02. The van der Waals surface area contributed by atoms with Gasteiger partial charge in [0.05, 0.1) is 12.7 Å². The fourth-order valence-corrected chi connectivity index (χ4v) is 2.16. The van der Waals surface area contributed by atoms with Gasteiger partial charge in [0, 0.05) is 19.7 Å². The fraction of sp³-hybridized carbons (Fsp3) is 0.750. The highest BCUT2D eigenvalue weighted by atomic mass is 35.5. The number of aliphatic hydroxyl groups is 1. The van der Waals surface area contributed by atoms with Crippen LogP contribution in [0.1, 0.15) is 31.5 Å². The summed E-state index contributed by atoms with van der Waals surface area (Å²) >= 11 is 5.98. The Bertz CT molecular complexity index is 363. The molecule has 1 aromatic rings. The number of aromatic nitrogens is 2. The molecule has 1 aliphatic rings. The second-order valence-corrected chi connectivity index (χ2v) is 5.08. The van der Waals surface area contributed by atoms with E-state index in [1.165, 1.54) is 12.8 Å². The molecule has 0 aromatic carbocycles. The maximum atomic E-state index is 8.82. The second kappa shape index (κ2) is 5.85. The maximum Gasteiger partial charge on any atom is 0.128 e. The molecule has 0 amide bonds. The number of imidazole rings is 1. The standard InChI is InChI=1S/C12H20ClN3O/c1-15-11(13)8-14-12(15)9-16(10-4-5-10)6-2-3-7-17/h8,10,17H,2-7,9H2,1H3. The molecule has 4 nitrogen and oxygen atoms in total. The Morgan fingerprint density at radius 2 is 2.29 bits per heavy atom. The zero-order chi connectivity index (χ0) is 12.3. The molecular formula is C12H20ClN3O. The van der Waals surface area contributed by atoms with E-state index in [-0.39, 0.29) is 6.61 Å². The van der Waals surface area contributed by atoms with E-state index >= 15 is 0 Å². The molecule has 1 saturated carbocycles. The first-order valence-corrected chi connectivity index (χ1v) is 6.61. The van der Waals surface area contributed by atoms with E-state index in [0.717, 1.165) is 31.8 Å². The normalized spacial score (nSPS) is 15.8. The zero-order valence-corrected chi connectivity index (χ0v) is 11.0.